The van der Waals surface area contributed by atoms with Crippen LogP contribution >= 0.6 is 0 Å². The highest BCUT2D eigenvalue weighted by atomic mass is 19.1. The van der Waals surface area contributed by atoms with Gasteiger partial charge in [0.1, 0.15) is 29.5 Å². The van der Waals surface area contributed by atoms with E-state index in [0.29, 0.717) is 53.4 Å². The Bertz CT molecular complexity index is 1550. The average molecular weight is 636 g/mol. The number of nitrogens with zero attached hydrogens (tertiary/aromatic N) is 5. The zero-order valence-electron chi connectivity index (χ0n) is 26.0. The van der Waals surface area contributed by atoms with Gasteiger partial charge in [-0.3, -0.25) is 14.5 Å². The lowest BCUT2D eigenvalue weighted by atomic mass is 10.0. The van der Waals surface area contributed by atoms with Crippen LogP contribution in [0.3, 0.4) is 0 Å². The highest BCUT2D eigenvalue weighted by Gasteiger charge is 2.31. The first-order valence-corrected chi connectivity index (χ1v) is 15.5. The van der Waals surface area contributed by atoms with Crippen LogP contribution in [-0.4, -0.2) is 79.4 Å². The number of methoxy groups -OCH3 is 1. The fourth-order valence-corrected chi connectivity index (χ4v) is 6.47. The molecule has 0 bridgehead atoms. The minimum atomic E-state index is -0.655. The molecule has 2 atom stereocenters. The largest absolute Gasteiger partial charge is 0.494 e. The fraction of sp³-hybridized carbons (Fsp3) is 0.424. The van der Waals surface area contributed by atoms with Gasteiger partial charge in [0.05, 0.1) is 49.5 Å². The number of hydroxylamine groups is 1. The first-order chi connectivity index (χ1) is 22.3. The molecule has 3 saturated heterocycles. The predicted octanol–water partition coefficient (Wildman–Crippen LogP) is 5.20. The van der Waals surface area contributed by atoms with Gasteiger partial charge < -0.3 is 25.0 Å². The number of amides is 1. The zero-order valence-corrected chi connectivity index (χ0v) is 26.0. The van der Waals surface area contributed by atoms with Gasteiger partial charge in [-0.15, -0.1) is 0 Å². The third-order valence-corrected chi connectivity index (χ3v) is 8.67. The standard InChI is InChI=1S/C33H39F2N7O4/c1-4-33(43)39-26-16-27(30(44-3)17-29(26)40-8-5-25(6-9-40)41-10-12-45-21(2)19-41)38-31-18-32(37-20-36-31)42-28(7-11-46-42)22-13-23(34)15-24(35)14-22/h4,13-18,20-21,25,28H,1,5-12,19H2,2-3H3,(H,39,43)(H,36,37,38). The third-order valence-electron chi connectivity index (χ3n) is 8.67. The Balaban J connectivity index is 1.23. The molecule has 4 heterocycles. The highest BCUT2D eigenvalue weighted by Crippen LogP contribution is 2.41. The van der Waals surface area contributed by atoms with Crippen LogP contribution in [0.5, 0.6) is 5.75 Å². The summed E-state index contributed by atoms with van der Waals surface area (Å²) in [7, 11) is 1.59. The van der Waals surface area contributed by atoms with E-state index < -0.39 is 17.7 Å². The number of piperidine rings is 1. The van der Waals surface area contributed by atoms with Gasteiger partial charge in [0.15, 0.2) is 5.82 Å². The molecule has 13 heteroatoms. The molecule has 11 nitrogen and oxygen atoms in total. The highest BCUT2D eigenvalue weighted by molar-refractivity contribution is 6.02. The molecule has 244 valence electrons. The number of anilines is 5. The van der Waals surface area contributed by atoms with E-state index in [1.807, 2.05) is 12.1 Å². The number of nitrogens with one attached hydrogen (secondary N) is 2. The van der Waals surface area contributed by atoms with Crippen molar-refractivity contribution in [2.24, 2.45) is 0 Å². The van der Waals surface area contributed by atoms with Crippen LogP contribution < -0.4 is 25.3 Å². The van der Waals surface area contributed by atoms with E-state index in [4.69, 9.17) is 14.3 Å². The second-order valence-electron chi connectivity index (χ2n) is 11.7. The minimum absolute atomic E-state index is 0.241. The molecule has 46 heavy (non-hydrogen) atoms. The van der Waals surface area contributed by atoms with Crippen molar-refractivity contribution in [1.29, 1.82) is 0 Å². The lowest BCUT2D eigenvalue weighted by Gasteiger charge is -2.42. The molecule has 2 unspecified atom stereocenters. The summed E-state index contributed by atoms with van der Waals surface area (Å²) in [5.74, 6) is -0.239. The number of benzene rings is 2. The normalized spacial score (nSPS) is 20.9. The van der Waals surface area contributed by atoms with E-state index in [1.54, 1.807) is 18.2 Å². The van der Waals surface area contributed by atoms with Crippen LogP contribution in [0.4, 0.5) is 37.5 Å². The molecule has 3 aromatic rings. The van der Waals surface area contributed by atoms with E-state index >= 15 is 0 Å². The zero-order chi connectivity index (χ0) is 32.2. The lowest BCUT2D eigenvalue weighted by molar-refractivity contribution is -0.111. The number of carbonyl (C=O) groups is 1. The molecule has 0 spiro atoms. The topological polar surface area (TPSA) is 104 Å². The van der Waals surface area contributed by atoms with E-state index in [1.165, 1.54) is 24.5 Å². The number of hydrogen-bond donors (Lipinski definition) is 2. The Kier molecular flexibility index (Phi) is 9.61. The number of hydrogen-bond acceptors (Lipinski definition) is 10. The number of aromatic nitrogens is 2. The summed E-state index contributed by atoms with van der Waals surface area (Å²) in [6.07, 6.45) is 5.37. The minimum Gasteiger partial charge on any atom is -0.494 e. The molecule has 0 aliphatic carbocycles. The van der Waals surface area contributed by atoms with Gasteiger partial charge in [-0.1, -0.05) is 6.58 Å². The SMILES string of the molecule is C=CC(=O)Nc1cc(Nc2cc(N3OCCC3c3cc(F)cc(F)c3)ncn2)c(OC)cc1N1CCC(N2CCOC(C)C2)CC1. The predicted molar refractivity (Wildman–Crippen MR) is 172 cm³/mol. The van der Waals surface area contributed by atoms with Crippen molar-refractivity contribution in [1.82, 2.24) is 14.9 Å². The second kappa shape index (κ2) is 14.0. The Hall–Kier alpha value is -4.33. The van der Waals surface area contributed by atoms with Crippen LogP contribution in [0, 0.1) is 11.6 Å². The van der Waals surface area contributed by atoms with Crippen LogP contribution in [0.25, 0.3) is 0 Å². The Labute approximate surface area is 267 Å². The molecule has 2 N–H and O–H groups in total. The van der Waals surface area contributed by atoms with Crippen molar-refractivity contribution < 1.29 is 27.9 Å². The van der Waals surface area contributed by atoms with Gasteiger partial charge in [0.2, 0.25) is 5.91 Å². The smallest absolute Gasteiger partial charge is 0.247 e. The maximum absolute atomic E-state index is 14.0. The molecule has 6 rings (SSSR count). The summed E-state index contributed by atoms with van der Waals surface area (Å²) >= 11 is 0. The number of halogens is 2. The van der Waals surface area contributed by atoms with Crippen molar-refractivity contribution >= 4 is 34.6 Å². The van der Waals surface area contributed by atoms with Gasteiger partial charge >= 0.3 is 0 Å². The van der Waals surface area contributed by atoms with Gasteiger partial charge in [0, 0.05) is 56.8 Å². The Morgan fingerprint density at radius 1 is 1.02 bits per heavy atom. The van der Waals surface area contributed by atoms with Crippen molar-refractivity contribution in [3.63, 3.8) is 0 Å². The van der Waals surface area contributed by atoms with Gasteiger partial charge in [0.25, 0.3) is 0 Å². The maximum Gasteiger partial charge on any atom is 0.247 e. The van der Waals surface area contributed by atoms with Gasteiger partial charge in [-0.25, -0.2) is 23.8 Å². The third kappa shape index (κ3) is 7.06. The number of carbonyl (C=O) groups excluding carboxylic acids is 1. The average Bonchev–Trinajstić information content (AvgIpc) is 3.55. The summed E-state index contributed by atoms with van der Waals surface area (Å²) < 4.78 is 39.5. The van der Waals surface area contributed by atoms with Gasteiger partial charge in [-0.2, -0.15) is 0 Å². The summed E-state index contributed by atoms with van der Waals surface area (Å²) in [5, 5.41) is 7.78. The van der Waals surface area contributed by atoms with Crippen LogP contribution in [0.15, 0.2) is 55.4 Å². The molecule has 0 radical (unpaired) electrons. The number of rotatable bonds is 9. The van der Waals surface area contributed by atoms with Crippen molar-refractivity contribution in [3.8, 4) is 5.75 Å². The first kappa shape index (κ1) is 31.6. The summed E-state index contributed by atoms with van der Waals surface area (Å²) in [6.45, 7) is 10.4. The molecule has 3 aliphatic heterocycles. The number of morpholine rings is 1. The molecule has 2 aromatic carbocycles. The van der Waals surface area contributed by atoms with Crippen LogP contribution in [0.2, 0.25) is 0 Å². The summed E-state index contributed by atoms with van der Waals surface area (Å²) in [6, 6.07) is 8.91. The molecular formula is C33H39F2N7O4. The Morgan fingerprint density at radius 2 is 1.80 bits per heavy atom. The summed E-state index contributed by atoms with van der Waals surface area (Å²) in [4.78, 5) is 31.9. The fourth-order valence-electron chi connectivity index (χ4n) is 6.47. The Morgan fingerprint density at radius 3 is 2.52 bits per heavy atom. The monoisotopic (exact) mass is 635 g/mol. The van der Waals surface area contributed by atoms with Crippen molar-refractivity contribution in [3.05, 3.63) is 72.6 Å². The van der Waals surface area contributed by atoms with Crippen LogP contribution in [0.1, 0.15) is 37.8 Å². The molecule has 3 aliphatic rings. The summed E-state index contributed by atoms with van der Waals surface area (Å²) in [5.41, 5.74) is 2.48. The molecular weight excluding hydrogens is 596 g/mol. The lowest BCUT2D eigenvalue weighted by Crippen LogP contribution is -2.51. The van der Waals surface area contributed by atoms with Gasteiger partial charge in [-0.05, 0) is 49.6 Å². The molecule has 0 saturated carbocycles. The van der Waals surface area contributed by atoms with Crippen molar-refractivity contribution in [2.45, 2.75) is 44.4 Å². The van der Waals surface area contributed by atoms with Crippen LogP contribution in [-0.2, 0) is 14.4 Å². The van der Waals surface area contributed by atoms with E-state index in [2.05, 4.69) is 43.9 Å². The molecule has 1 aromatic heterocycles. The number of ether oxygens (including phenoxy) is 2. The molecule has 3 fully saturated rings. The van der Waals surface area contributed by atoms with Crippen molar-refractivity contribution in [2.75, 3.05) is 67.1 Å². The second-order valence-corrected chi connectivity index (χ2v) is 11.7. The van der Waals surface area contributed by atoms with E-state index in [0.717, 1.165) is 57.4 Å². The maximum atomic E-state index is 14.0. The van der Waals surface area contributed by atoms with E-state index in [9.17, 15) is 13.6 Å². The molecule has 1 amide bonds. The first-order valence-electron chi connectivity index (χ1n) is 15.5. The quantitative estimate of drug-likeness (QED) is 0.305. The van der Waals surface area contributed by atoms with E-state index in [-0.39, 0.29) is 12.0 Å².